The van der Waals surface area contributed by atoms with E-state index < -0.39 is 0 Å². The van der Waals surface area contributed by atoms with Crippen LogP contribution in [-0.4, -0.2) is 31.4 Å². The molecule has 0 bridgehead atoms. The molecule has 0 radical (unpaired) electrons. The van der Waals surface area contributed by atoms with Gasteiger partial charge in [-0.15, -0.1) is 0 Å². The predicted molar refractivity (Wildman–Crippen MR) is 51.4 cm³/mol. The summed E-state index contributed by atoms with van der Waals surface area (Å²) in [6, 6.07) is 0. The van der Waals surface area contributed by atoms with E-state index in [1.807, 2.05) is 0 Å². The summed E-state index contributed by atoms with van der Waals surface area (Å²) >= 11 is 0. The summed E-state index contributed by atoms with van der Waals surface area (Å²) in [6.07, 6.45) is 3.10. The molecule has 76 valence electrons. The number of nitrogens with zero attached hydrogens (tertiary/aromatic N) is 1. The molecule has 1 aliphatic heterocycles. The molecule has 6 nitrogen and oxygen atoms in total. The molecule has 0 fully saturated rings. The lowest BCUT2D eigenvalue weighted by atomic mass is 10.2. The number of rotatable bonds is 3. The number of carbonyl (C=O) groups is 2. The molecule has 0 aromatic carbocycles. The lowest BCUT2D eigenvalue weighted by molar-refractivity contribution is -0.120. The summed E-state index contributed by atoms with van der Waals surface area (Å²) in [4.78, 5) is 25.7. The Morgan fingerprint density at radius 2 is 2.36 bits per heavy atom. The summed E-state index contributed by atoms with van der Waals surface area (Å²) < 4.78 is 0. The molecule has 0 unspecified atom stereocenters. The van der Waals surface area contributed by atoms with Crippen molar-refractivity contribution in [3.05, 3.63) is 11.8 Å². The maximum Gasteiger partial charge on any atom is 0.251 e. The van der Waals surface area contributed by atoms with Gasteiger partial charge in [0.15, 0.2) is 0 Å². The van der Waals surface area contributed by atoms with Gasteiger partial charge in [0.05, 0.1) is 25.1 Å². The molecule has 0 saturated carbocycles. The molecule has 1 aliphatic rings. The summed E-state index contributed by atoms with van der Waals surface area (Å²) in [6.45, 7) is 1.88. The van der Waals surface area contributed by atoms with Gasteiger partial charge in [0.25, 0.3) is 5.91 Å². The first-order valence-corrected chi connectivity index (χ1v) is 4.16. The van der Waals surface area contributed by atoms with Crippen LogP contribution in [0, 0.1) is 0 Å². The predicted octanol–water partition coefficient (Wildman–Crippen LogP) is -1.29. The van der Waals surface area contributed by atoms with E-state index in [1.165, 1.54) is 13.3 Å². The Bertz CT molecular complexity index is 296. The fraction of sp³-hybridized carbons (Fsp3) is 0.375. The molecule has 1 heterocycles. The second-order valence-corrected chi connectivity index (χ2v) is 2.72. The third-order valence-electron chi connectivity index (χ3n) is 1.56. The van der Waals surface area contributed by atoms with Crippen LogP contribution in [0.4, 0.5) is 0 Å². The molecule has 6 heteroatoms. The molecular weight excluding hydrogens is 184 g/mol. The standard InChI is InChI=1S/C8H12N4O2/c1-6(13)11-5-12-8(14)7-2-9-4-10-3-7/h2,4H,3,5H2,1H3,(H,9,10)(H,11,13)(H,12,14). The van der Waals surface area contributed by atoms with E-state index in [9.17, 15) is 9.59 Å². The molecular formula is C8H12N4O2. The highest BCUT2D eigenvalue weighted by Gasteiger charge is 2.09. The highest BCUT2D eigenvalue weighted by Crippen LogP contribution is 1.95. The van der Waals surface area contributed by atoms with E-state index in [1.54, 1.807) is 6.20 Å². The third-order valence-corrected chi connectivity index (χ3v) is 1.56. The van der Waals surface area contributed by atoms with Gasteiger partial charge in [-0.3, -0.25) is 14.6 Å². The van der Waals surface area contributed by atoms with Crippen LogP contribution in [-0.2, 0) is 9.59 Å². The summed E-state index contributed by atoms with van der Waals surface area (Å²) in [5.41, 5.74) is 0.540. The van der Waals surface area contributed by atoms with Crippen LogP contribution in [0.2, 0.25) is 0 Å². The maximum atomic E-state index is 11.3. The molecule has 3 N–H and O–H groups in total. The average molecular weight is 196 g/mol. The Balaban J connectivity index is 2.28. The zero-order valence-electron chi connectivity index (χ0n) is 7.83. The molecule has 0 aromatic heterocycles. The monoisotopic (exact) mass is 196 g/mol. The van der Waals surface area contributed by atoms with E-state index in [0.717, 1.165) is 0 Å². The summed E-state index contributed by atoms with van der Waals surface area (Å²) in [5.74, 6) is -0.415. The molecule has 0 aromatic rings. The van der Waals surface area contributed by atoms with Gasteiger partial charge in [0.2, 0.25) is 5.91 Å². The van der Waals surface area contributed by atoms with Gasteiger partial charge >= 0.3 is 0 Å². The number of carbonyl (C=O) groups excluding carboxylic acids is 2. The summed E-state index contributed by atoms with van der Waals surface area (Å²) in [5, 5.41) is 7.70. The van der Waals surface area contributed by atoms with Crippen molar-refractivity contribution >= 4 is 18.2 Å². The Hall–Kier alpha value is -1.85. The van der Waals surface area contributed by atoms with Gasteiger partial charge in [-0.25, -0.2) is 0 Å². The summed E-state index contributed by atoms with van der Waals surface area (Å²) in [7, 11) is 0. The molecule has 0 saturated heterocycles. The van der Waals surface area contributed by atoms with E-state index in [2.05, 4.69) is 20.9 Å². The van der Waals surface area contributed by atoms with Crippen molar-refractivity contribution < 1.29 is 9.59 Å². The number of aliphatic imine (C=N–C) groups is 1. The molecule has 0 aliphatic carbocycles. The quantitative estimate of drug-likeness (QED) is 0.491. The van der Waals surface area contributed by atoms with Crippen molar-refractivity contribution in [1.29, 1.82) is 0 Å². The van der Waals surface area contributed by atoms with Gasteiger partial charge in [-0.1, -0.05) is 0 Å². The SMILES string of the molecule is CC(=O)NCNC(=O)C1=CNC=NC1. The first-order valence-electron chi connectivity index (χ1n) is 4.16. The smallest absolute Gasteiger partial charge is 0.251 e. The topological polar surface area (TPSA) is 82.6 Å². The number of amides is 2. The van der Waals surface area contributed by atoms with Crippen LogP contribution in [0.1, 0.15) is 6.92 Å². The Morgan fingerprint density at radius 1 is 1.57 bits per heavy atom. The largest absolute Gasteiger partial charge is 0.352 e. The minimum Gasteiger partial charge on any atom is -0.352 e. The lowest BCUT2D eigenvalue weighted by Crippen LogP contribution is -2.38. The molecule has 0 atom stereocenters. The second-order valence-electron chi connectivity index (χ2n) is 2.72. The van der Waals surface area contributed by atoms with Crippen molar-refractivity contribution in [1.82, 2.24) is 16.0 Å². The van der Waals surface area contributed by atoms with Crippen molar-refractivity contribution in [2.75, 3.05) is 13.2 Å². The van der Waals surface area contributed by atoms with Crippen LogP contribution in [0.15, 0.2) is 16.8 Å². The fourth-order valence-electron chi connectivity index (χ4n) is 0.880. The number of hydrogen-bond acceptors (Lipinski definition) is 4. The van der Waals surface area contributed by atoms with Gasteiger partial charge in [-0.05, 0) is 0 Å². The van der Waals surface area contributed by atoms with Crippen LogP contribution in [0.25, 0.3) is 0 Å². The zero-order chi connectivity index (χ0) is 10.4. The highest BCUT2D eigenvalue weighted by atomic mass is 16.2. The average Bonchev–Trinajstić information content (AvgIpc) is 2.18. The first kappa shape index (κ1) is 10.2. The minimum absolute atomic E-state index is 0.134. The number of hydrogen-bond donors (Lipinski definition) is 3. The van der Waals surface area contributed by atoms with Crippen LogP contribution in [0.3, 0.4) is 0 Å². The molecule has 2 amide bonds. The first-order chi connectivity index (χ1) is 6.70. The van der Waals surface area contributed by atoms with Gasteiger partial charge in [0, 0.05) is 13.1 Å². The van der Waals surface area contributed by atoms with E-state index in [4.69, 9.17) is 0 Å². The van der Waals surface area contributed by atoms with Gasteiger partial charge < -0.3 is 16.0 Å². The minimum atomic E-state index is -0.233. The highest BCUT2D eigenvalue weighted by molar-refractivity contribution is 5.94. The number of nitrogens with one attached hydrogen (secondary N) is 3. The van der Waals surface area contributed by atoms with Crippen LogP contribution < -0.4 is 16.0 Å². The second kappa shape index (κ2) is 5.00. The van der Waals surface area contributed by atoms with Gasteiger partial charge in [-0.2, -0.15) is 0 Å². The molecule has 0 spiro atoms. The van der Waals surface area contributed by atoms with Crippen molar-refractivity contribution in [3.8, 4) is 0 Å². The third kappa shape index (κ3) is 3.26. The lowest BCUT2D eigenvalue weighted by Gasteiger charge is -2.09. The van der Waals surface area contributed by atoms with E-state index in [-0.39, 0.29) is 18.5 Å². The maximum absolute atomic E-state index is 11.3. The van der Waals surface area contributed by atoms with Crippen molar-refractivity contribution in [2.45, 2.75) is 6.92 Å². The van der Waals surface area contributed by atoms with E-state index in [0.29, 0.717) is 12.1 Å². The van der Waals surface area contributed by atoms with Crippen molar-refractivity contribution in [3.63, 3.8) is 0 Å². The molecule has 1 rings (SSSR count). The van der Waals surface area contributed by atoms with E-state index >= 15 is 0 Å². The Morgan fingerprint density at radius 3 is 2.93 bits per heavy atom. The van der Waals surface area contributed by atoms with Crippen molar-refractivity contribution in [2.24, 2.45) is 4.99 Å². The Kier molecular flexibility index (Phi) is 3.66. The Labute approximate surface area is 81.5 Å². The van der Waals surface area contributed by atoms with Crippen LogP contribution in [0.5, 0.6) is 0 Å². The van der Waals surface area contributed by atoms with Gasteiger partial charge in [0.1, 0.15) is 0 Å². The zero-order valence-corrected chi connectivity index (χ0v) is 7.83. The molecule has 14 heavy (non-hydrogen) atoms. The normalized spacial score (nSPS) is 13.9. The fourth-order valence-corrected chi connectivity index (χ4v) is 0.880. The van der Waals surface area contributed by atoms with Crippen LogP contribution >= 0.6 is 0 Å².